The first-order valence-electron chi connectivity index (χ1n) is 23.0. The van der Waals surface area contributed by atoms with E-state index in [1.807, 2.05) is 36.4 Å². The lowest BCUT2D eigenvalue weighted by Gasteiger charge is -2.21. The lowest BCUT2D eigenvalue weighted by molar-refractivity contribution is 0.268. The van der Waals surface area contributed by atoms with Gasteiger partial charge in [0.25, 0.3) is 0 Å². The van der Waals surface area contributed by atoms with Crippen LogP contribution >= 0.6 is 51.6 Å². The van der Waals surface area contributed by atoms with Gasteiger partial charge in [-0.05, 0) is 122 Å². The number of nitrogens with zero attached hydrogens (tertiary/aromatic N) is 2. The van der Waals surface area contributed by atoms with E-state index in [1.165, 1.54) is 79.3 Å². The summed E-state index contributed by atoms with van der Waals surface area (Å²) in [5.41, 5.74) is 10.4. The molecule has 0 heterocycles. The Labute approximate surface area is 397 Å². The number of unbranched alkanes of at least 4 members (excludes halogenated alkanes) is 5. The van der Waals surface area contributed by atoms with Crippen LogP contribution in [-0.2, 0) is 58.8 Å². The van der Waals surface area contributed by atoms with Crippen LogP contribution < -0.4 is 0 Å². The molecule has 362 valence electrons. The fourth-order valence-corrected chi connectivity index (χ4v) is 6.33. The summed E-state index contributed by atoms with van der Waals surface area (Å²) in [4.78, 5) is 4.94. The molecule has 5 unspecified atom stereocenters. The topological polar surface area (TPSA) is 87.4 Å². The Morgan fingerprint density at radius 2 is 0.661 bits per heavy atom. The van der Waals surface area contributed by atoms with E-state index in [2.05, 4.69) is 135 Å². The van der Waals surface area contributed by atoms with Crippen LogP contribution in [0, 0.1) is 0 Å². The molecule has 0 aliphatic heterocycles. The van der Waals surface area contributed by atoms with Gasteiger partial charge >= 0.3 is 0 Å². The highest BCUT2D eigenvalue weighted by atomic mass is 32.7. The molecule has 6 nitrogen and oxygen atoms in total. The Morgan fingerprint density at radius 3 is 0.903 bits per heavy atom. The Bertz CT molecular complexity index is 1280. The molecule has 3 aromatic rings. The van der Waals surface area contributed by atoms with Gasteiger partial charge in [-0.1, -0.05) is 163 Å². The summed E-state index contributed by atoms with van der Waals surface area (Å²) in [6, 6.07) is 18.9. The Morgan fingerprint density at radius 1 is 0.403 bits per heavy atom. The second-order valence-electron chi connectivity index (χ2n) is 15.2. The summed E-state index contributed by atoms with van der Waals surface area (Å²) in [5.74, 6) is 0. The van der Waals surface area contributed by atoms with Crippen LogP contribution in [0.3, 0.4) is 0 Å². The molecule has 0 aliphatic rings. The number of aliphatic hydroxyl groups is 4. The average Bonchev–Trinajstić information content (AvgIpc) is 3.29. The molecule has 0 aliphatic carbocycles. The Kier molecular flexibility index (Phi) is 54.1. The van der Waals surface area contributed by atoms with Crippen molar-refractivity contribution in [1.82, 2.24) is 9.80 Å². The minimum absolute atomic E-state index is 0. The number of aryl methyl sites for hydroxylation is 3. The van der Waals surface area contributed by atoms with Crippen molar-refractivity contribution >= 4 is 51.6 Å². The van der Waals surface area contributed by atoms with Crippen molar-refractivity contribution in [3.05, 3.63) is 105 Å². The monoisotopic (exact) mass is 977 g/mol. The van der Waals surface area contributed by atoms with Crippen LogP contribution in [0.4, 0.5) is 0 Å². The molecule has 0 saturated carbocycles. The smallest absolute Gasteiger partial charge is 0.0682 e. The Hall–Kier alpha value is 0.000000000000000777. The molecule has 0 fully saturated rings. The van der Waals surface area contributed by atoms with Gasteiger partial charge < -0.3 is 20.4 Å². The largest absolute Gasteiger partial charge is 0.392 e. The number of aliphatic hydroxyl groups excluding tert-OH is 4. The molecular weight excluding hydrogens is 878 g/mol. The van der Waals surface area contributed by atoms with Gasteiger partial charge in [0.2, 0.25) is 0 Å². The predicted octanol–water partition coefficient (Wildman–Crippen LogP) is 14.1. The summed E-state index contributed by atoms with van der Waals surface area (Å²) in [7, 11) is 12.6. The van der Waals surface area contributed by atoms with Crippen molar-refractivity contribution < 1.29 is 20.4 Å². The molecule has 0 aromatic heterocycles. The molecule has 3 aromatic carbocycles. The van der Waals surface area contributed by atoms with Gasteiger partial charge in [0.1, 0.15) is 0 Å². The molecule has 0 spiro atoms. The van der Waals surface area contributed by atoms with E-state index >= 15 is 0 Å². The van der Waals surface area contributed by atoms with Gasteiger partial charge in [-0.15, -0.1) is 44.6 Å². The molecule has 0 amide bonds. The highest BCUT2D eigenvalue weighted by molar-refractivity contribution is 8.65. The third-order valence-corrected chi connectivity index (χ3v) is 9.77. The highest BCUT2D eigenvalue weighted by Gasteiger charge is 2.07. The molecule has 5 atom stereocenters. The van der Waals surface area contributed by atoms with E-state index in [1.54, 1.807) is 0 Å². The van der Waals surface area contributed by atoms with Gasteiger partial charge in [0, 0.05) is 13.1 Å². The van der Waals surface area contributed by atoms with Gasteiger partial charge in [0.15, 0.2) is 0 Å². The fraction of sp³-hybridized carbons (Fsp3) is 0.640. The normalized spacial score (nSPS) is 10.2. The number of hydrogen-bond acceptors (Lipinski definition) is 6. The van der Waals surface area contributed by atoms with E-state index in [0.717, 1.165) is 87.1 Å². The van der Waals surface area contributed by atoms with Crippen LogP contribution in [0.1, 0.15) is 178 Å². The summed E-state index contributed by atoms with van der Waals surface area (Å²) in [5, 5.41) is 36.5. The van der Waals surface area contributed by atoms with Crippen LogP contribution in [0.5, 0.6) is 0 Å². The maximum absolute atomic E-state index is 9.22. The van der Waals surface area contributed by atoms with E-state index in [4.69, 9.17) is 10.2 Å². The summed E-state index contributed by atoms with van der Waals surface area (Å²) in [6.45, 7) is 26.7. The maximum Gasteiger partial charge on any atom is 0.0682 e. The minimum Gasteiger partial charge on any atom is -0.392 e. The van der Waals surface area contributed by atoms with Crippen molar-refractivity contribution in [2.75, 3.05) is 26.2 Å². The molecule has 3 rings (SSSR count). The second kappa shape index (κ2) is 48.9. The van der Waals surface area contributed by atoms with Gasteiger partial charge in [-0.3, -0.25) is 9.80 Å². The van der Waals surface area contributed by atoms with E-state index in [-0.39, 0.29) is 40.8 Å². The third-order valence-electron chi connectivity index (χ3n) is 9.77. The number of hydrogen-bond donors (Lipinski definition) is 4. The standard InChI is InChI=1S/C17H29N.C15H25NO2.C12H18O2.C5H12.CH4.H6P4.H4P2/c1-5-9-10-18(8-4)14-17-12-15(6-2)11-16(7-3)13-17;1-3-5-6-16(4-2)10-13-7-14(11-17)9-15(8-13)12-18;1-2-3-4-10-5-11(8-13)7-12(6-10)9-14;1-3-5-4-2;;1-4(2)3;1-2/h11-13H,5-10,14H2,1-4H3;7-9,17-18H,3-6,10-12H2,1-2H3;5-7,13-14H,2-4,8-9H2,1H3;3-5H2,1-2H3;1H4;1-3H2;1-2H2. The molecule has 0 radical (unpaired) electrons. The molecule has 62 heavy (non-hydrogen) atoms. The van der Waals surface area contributed by atoms with Gasteiger partial charge in [-0.2, -0.15) is 0 Å². The van der Waals surface area contributed by atoms with E-state index in [0.29, 0.717) is 0 Å². The van der Waals surface area contributed by atoms with Gasteiger partial charge in [-0.25, -0.2) is 0 Å². The molecule has 4 N–H and O–H groups in total. The van der Waals surface area contributed by atoms with Crippen molar-refractivity contribution in [2.24, 2.45) is 0 Å². The zero-order chi connectivity index (χ0) is 46.8. The first-order chi connectivity index (χ1) is 29.4. The van der Waals surface area contributed by atoms with Crippen molar-refractivity contribution in [2.45, 2.75) is 186 Å². The second-order valence-corrected chi connectivity index (χ2v) is 26.8. The minimum atomic E-state index is 0. The van der Waals surface area contributed by atoms with E-state index in [9.17, 15) is 10.2 Å². The number of benzene rings is 3. The fourth-order valence-electron chi connectivity index (χ4n) is 6.33. The molecule has 12 heteroatoms. The maximum atomic E-state index is 9.22. The van der Waals surface area contributed by atoms with E-state index < -0.39 is 0 Å². The summed E-state index contributed by atoms with van der Waals surface area (Å²) in [6.07, 6.45) is 14.7. The lowest BCUT2D eigenvalue weighted by Crippen LogP contribution is -2.24. The van der Waals surface area contributed by atoms with Crippen molar-refractivity contribution in [3.8, 4) is 0 Å². The van der Waals surface area contributed by atoms with Crippen LogP contribution in [-0.4, -0.2) is 56.4 Å². The summed E-state index contributed by atoms with van der Waals surface area (Å²) < 4.78 is 0. The highest BCUT2D eigenvalue weighted by Crippen LogP contribution is 2.59. The first-order valence-corrected chi connectivity index (χ1v) is 31.9. The predicted molar refractivity (Wildman–Crippen MR) is 300 cm³/mol. The Balaban J connectivity index is -0.000000362. The number of rotatable bonds is 23. The van der Waals surface area contributed by atoms with Crippen molar-refractivity contribution in [3.63, 3.8) is 0 Å². The zero-order valence-electron chi connectivity index (χ0n) is 40.3. The van der Waals surface area contributed by atoms with Crippen LogP contribution in [0.2, 0.25) is 0 Å². The van der Waals surface area contributed by atoms with Crippen molar-refractivity contribution in [1.29, 1.82) is 0 Å². The van der Waals surface area contributed by atoms with Gasteiger partial charge in [0.05, 0.1) is 26.4 Å². The molecule has 0 saturated heterocycles. The van der Waals surface area contributed by atoms with Crippen LogP contribution in [0.15, 0.2) is 54.6 Å². The average molecular weight is 977 g/mol. The molecule has 0 bridgehead atoms. The third kappa shape index (κ3) is 38.1. The first kappa shape index (κ1) is 68.6. The summed E-state index contributed by atoms with van der Waals surface area (Å²) >= 11 is 0. The van der Waals surface area contributed by atoms with Crippen LogP contribution in [0.25, 0.3) is 0 Å². The lowest BCUT2D eigenvalue weighted by atomic mass is 10.0. The quantitative estimate of drug-likeness (QED) is 0.0708. The zero-order valence-corrected chi connectivity index (χ0v) is 46.9. The SMILES string of the molecule is C.CCCCC.CCCCN(CC)Cc1cc(CC)cc(CC)c1.CCCCN(CC)Cc1cc(CO)cc(CO)c1.CCCCc1cc(CO)cc(CO)c1.PP.PP(P)P. The molecular formula is C50H98N2O4P6.